The first-order valence-corrected chi connectivity index (χ1v) is 4.26. The van der Waals surface area contributed by atoms with E-state index in [1.54, 1.807) is 6.07 Å². The average molecular weight is 183 g/mol. The molecule has 4 nitrogen and oxygen atoms in total. The molecule has 1 aromatic heterocycles. The summed E-state index contributed by atoms with van der Waals surface area (Å²) in [5, 5.41) is 11.8. The van der Waals surface area contributed by atoms with Gasteiger partial charge in [0, 0.05) is 12.1 Å². The molecule has 0 unspecified atom stereocenters. The molecule has 0 aromatic carbocycles. The van der Waals surface area contributed by atoms with Gasteiger partial charge in [0.2, 0.25) is 5.76 Å². The Balaban J connectivity index is 2.55. The molecule has 13 heavy (non-hydrogen) atoms. The predicted octanol–water partition coefficient (Wildman–Crippen LogP) is 1.48. The Kier molecular flexibility index (Phi) is 3.52. The minimum atomic E-state index is -1.02. The Morgan fingerprint density at radius 3 is 3.08 bits per heavy atom. The molecule has 72 valence electrons. The fraction of sp³-hybridized carbons (Fsp3) is 0.444. The van der Waals surface area contributed by atoms with Crippen LogP contribution in [0.25, 0.3) is 0 Å². The minimum Gasteiger partial charge on any atom is -0.475 e. The first-order chi connectivity index (χ1) is 6.25. The molecule has 1 aromatic rings. The monoisotopic (exact) mass is 183 g/mol. The van der Waals surface area contributed by atoms with Gasteiger partial charge >= 0.3 is 5.97 Å². The molecule has 0 radical (unpaired) electrons. The van der Waals surface area contributed by atoms with Crippen molar-refractivity contribution in [1.82, 2.24) is 5.32 Å². The van der Waals surface area contributed by atoms with Crippen LogP contribution >= 0.6 is 0 Å². The van der Waals surface area contributed by atoms with Crippen molar-refractivity contribution >= 4 is 5.97 Å². The maximum atomic E-state index is 10.6. The van der Waals surface area contributed by atoms with Gasteiger partial charge in [0.15, 0.2) is 0 Å². The fourth-order valence-electron chi connectivity index (χ4n) is 1.06. The maximum absolute atomic E-state index is 10.6. The van der Waals surface area contributed by atoms with Gasteiger partial charge in [-0.1, -0.05) is 6.92 Å². The minimum absolute atomic E-state index is 0.0311. The highest BCUT2D eigenvalue weighted by Gasteiger charge is 2.12. The number of carbonyl (C=O) groups is 1. The summed E-state index contributed by atoms with van der Waals surface area (Å²) in [7, 11) is 0. The largest absolute Gasteiger partial charge is 0.475 e. The van der Waals surface area contributed by atoms with Crippen LogP contribution < -0.4 is 5.32 Å². The lowest BCUT2D eigenvalue weighted by Crippen LogP contribution is -2.15. The maximum Gasteiger partial charge on any atom is 0.372 e. The lowest BCUT2D eigenvalue weighted by atomic mass is 10.2. The molecule has 0 saturated carbocycles. The Labute approximate surface area is 76.6 Å². The Morgan fingerprint density at radius 1 is 1.69 bits per heavy atom. The topological polar surface area (TPSA) is 62.5 Å². The summed E-state index contributed by atoms with van der Waals surface area (Å²) in [6, 6.07) is 1.67. The lowest BCUT2D eigenvalue weighted by Gasteiger charge is -2.00. The lowest BCUT2D eigenvalue weighted by molar-refractivity contribution is 0.0660. The molecule has 0 aliphatic heterocycles. The molecule has 2 N–H and O–H groups in total. The van der Waals surface area contributed by atoms with Gasteiger partial charge in [-0.25, -0.2) is 4.79 Å². The summed E-state index contributed by atoms with van der Waals surface area (Å²) < 4.78 is 4.82. The molecule has 0 atom stereocenters. The zero-order chi connectivity index (χ0) is 9.68. The van der Waals surface area contributed by atoms with Crippen molar-refractivity contribution in [2.45, 2.75) is 19.9 Å². The molecule has 0 amide bonds. The second-order valence-electron chi connectivity index (χ2n) is 2.76. The predicted molar refractivity (Wildman–Crippen MR) is 47.7 cm³/mol. The third-order valence-electron chi connectivity index (χ3n) is 1.68. The number of aromatic carboxylic acids is 1. The molecule has 0 bridgehead atoms. The van der Waals surface area contributed by atoms with E-state index in [9.17, 15) is 4.79 Å². The highest BCUT2D eigenvalue weighted by Crippen LogP contribution is 2.09. The summed E-state index contributed by atoms with van der Waals surface area (Å²) in [5.41, 5.74) is 0.695. The molecule has 1 rings (SSSR count). The summed E-state index contributed by atoms with van der Waals surface area (Å²) >= 11 is 0. The van der Waals surface area contributed by atoms with Crippen LogP contribution in [0.4, 0.5) is 0 Å². The molecular formula is C9H13NO3. The summed E-state index contributed by atoms with van der Waals surface area (Å²) in [6.45, 7) is 3.48. The number of furan rings is 1. The number of nitrogens with one attached hydrogen (secondary N) is 1. The highest BCUT2D eigenvalue weighted by atomic mass is 16.4. The van der Waals surface area contributed by atoms with Crippen LogP contribution in [0.1, 0.15) is 29.5 Å². The number of carboxylic acids is 1. The van der Waals surface area contributed by atoms with Crippen molar-refractivity contribution in [3.63, 3.8) is 0 Å². The number of hydrogen-bond donors (Lipinski definition) is 2. The Morgan fingerprint density at radius 2 is 2.46 bits per heavy atom. The van der Waals surface area contributed by atoms with Crippen LogP contribution in [-0.2, 0) is 6.54 Å². The SMILES string of the molecule is CCCNCc1ccoc1C(=O)O. The van der Waals surface area contributed by atoms with E-state index in [4.69, 9.17) is 9.52 Å². The molecule has 0 aliphatic carbocycles. The average Bonchev–Trinajstić information content (AvgIpc) is 2.53. The van der Waals surface area contributed by atoms with Crippen LogP contribution in [0.15, 0.2) is 16.7 Å². The second-order valence-corrected chi connectivity index (χ2v) is 2.76. The van der Waals surface area contributed by atoms with Crippen molar-refractivity contribution < 1.29 is 14.3 Å². The number of carboxylic acid groups (broad SMARTS) is 1. The van der Waals surface area contributed by atoms with Crippen molar-refractivity contribution in [3.8, 4) is 0 Å². The van der Waals surface area contributed by atoms with Gasteiger partial charge in [-0.2, -0.15) is 0 Å². The third-order valence-corrected chi connectivity index (χ3v) is 1.68. The summed E-state index contributed by atoms with van der Waals surface area (Å²) in [5.74, 6) is -0.984. The number of rotatable bonds is 5. The van der Waals surface area contributed by atoms with Crippen LogP contribution in [-0.4, -0.2) is 17.6 Å². The second kappa shape index (κ2) is 4.67. The van der Waals surface area contributed by atoms with E-state index >= 15 is 0 Å². The van der Waals surface area contributed by atoms with Gasteiger partial charge in [-0.3, -0.25) is 0 Å². The van der Waals surface area contributed by atoms with Gasteiger partial charge < -0.3 is 14.8 Å². The zero-order valence-electron chi connectivity index (χ0n) is 7.54. The van der Waals surface area contributed by atoms with Crippen molar-refractivity contribution in [2.75, 3.05) is 6.54 Å². The van der Waals surface area contributed by atoms with Crippen LogP contribution in [0, 0.1) is 0 Å². The van der Waals surface area contributed by atoms with Gasteiger partial charge in [-0.05, 0) is 19.0 Å². The Bertz CT molecular complexity index is 280. The van der Waals surface area contributed by atoms with Crippen LogP contribution in [0.5, 0.6) is 0 Å². The summed E-state index contributed by atoms with van der Waals surface area (Å²) in [6.07, 6.45) is 2.42. The van der Waals surface area contributed by atoms with Crippen molar-refractivity contribution in [2.24, 2.45) is 0 Å². The molecule has 1 heterocycles. The standard InChI is InChI=1S/C9H13NO3/c1-2-4-10-6-7-3-5-13-8(7)9(11)12/h3,5,10H,2,4,6H2,1H3,(H,11,12). The molecule has 4 heteroatoms. The smallest absolute Gasteiger partial charge is 0.372 e. The van der Waals surface area contributed by atoms with Gasteiger partial charge in [0.25, 0.3) is 0 Å². The quantitative estimate of drug-likeness (QED) is 0.679. The molecule has 0 saturated heterocycles. The van der Waals surface area contributed by atoms with Crippen molar-refractivity contribution in [3.05, 3.63) is 23.7 Å². The van der Waals surface area contributed by atoms with Gasteiger partial charge in [-0.15, -0.1) is 0 Å². The normalized spacial score (nSPS) is 10.2. The van der Waals surface area contributed by atoms with Gasteiger partial charge in [0.1, 0.15) is 0 Å². The first kappa shape index (κ1) is 9.80. The Hall–Kier alpha value is -1.29. The van der Waals surface area contributed by atoms with E-state index in [0.29, 0.717) is 12.1 Å². The first-order valence-electron chi connectivity index (χ1n) is 4.26. The van der Waals surface area contributed by atoms with E-state index in [1.807, 2.05) is 0 Å². The summed E-state index contributed by atoms with van der Waals surface area (Å²) in [4.78, 5) is 10.6. The van der Waals surface area contributed by atoms with Crippen molar-refractivity contribution in [1.29, 1.82) is 0 Å². The molecule has 0 fully saturated rings. The fourth-order valence-corrected chi connectivity index (χ4v) is 1.06. The van der Waals surface area contributed by atoms with E-state index in [0.717, 1.165) is 13.0 Å². The van der Waals surface area contributed by atoms with E-state index in [1.165, 1.54) is 6.26 Å². The molecule has 0 aliphatic rings. The molecule has 0 spiro atoms. The zero-order valence-corrected chi connectivity index (χ0v) is 7.54. The third kappa shape index (κ3) is 2.59. The van der Waals surface area contributed by atoms with Crippen LogP contribution in [0.3, 0.4) is 0 Å². The highest BCUT2D eigenvalue weighted by molar-refractivity contribution is 5.86. The van der Waals surface area contributed by atoms with E-state index < -0.39 is 5.97 Å². The van der Waals surface area contributed by atoms with E-state index in [2.05, 4.69) is 12.2 Å². The van der Waals surface area contributed by atoms with E-state index in [-0.39, 0.29) is 5.76 Å². The van der Waals surface area contributed by atoms with Gasteiger partial charge in [0.05, 0.1) is 6.26 Å². The molecular weight excluding hydrogens is 170 g/mol. The van der Waals surface area contributed by atoms with Crippen LogP contribution in [0.2, 0.25) is 0 Å². The number of hydrogen-bond acceptors (Lipinski definition) is 3.